The number of nitrogens with one attached hydrogen (secondary N) is 1. The maximum Gasteiger partial charge on any atom is 0.0869 e. The maximum atomic E-state index is 10.6. The van der Waals surface area contributed by atoms with E-state index in [0.717, 1.165) is 32.8 Å². The van der Waals surface area contributed by atoms with Crippen LogP contribution in [0.1, 0.15) is 33.1 Å². The highest BCUT2D eigenvalue weighted by Crippen LogP contribution is 2.13. The van der Waals surface area contributed by atoms with E-state index >= 15 is 0 Å². The highest BCUT2D eigenvalue weighted by molar-refractivity contribution is 4.85. The van der Waals surface area contributed by atoms with Crippen LogP contribution in [-0.4, -0.2) is 85.6 Å². The molecule has 0 bridgehead atoms. The van der Waals surface area contributed by atoms with Gasteiger partial charge in [-0.1, -0.05) is 6.92 Å². The number of aliphatic hydroxyl groups is 1. The van der Waals surface area contributed by atoms with Crippen LogP contribution in [0.3, 0.4) is 0 Å². The number of nitrogens with zero attached hydrogens (tertiary/aromatic N) is 2. The average molecular weight is 299 g/mol. The van der Waals surface area contributed by atoms with Crippen molar-refractivity contribution >= 4 is 0 Å². The molecule has 2 fully saturated rings. The van der Waals surface area contributed by atoms with Gasteiger partial charge < -0.3 is 20.1 Å². The van der Waals surface area contributed by atoms with Gasteiger partial charge in [-0.2, -0.15) is 0 Å². The van der Waals surface area contributed by atoms with E-state index in [1.54, 1.807) is 0 Å². The number of ether oxygens (including phenoxy) is 1. The molecule has 2 aliphatic heterocycles. The Morgan fingerprint density at radius 3 is 2.43 bits per heavy atom. The predicted molar refractivity (Wildman–Crippen MR) is 85.6 cm³/mol. The van der Waals surface area contributed by atoms with Crippen LogP contribution < -0.4 is 5.32 Å². The van der Waals surface area contributed by atoms with Crippen LogP contribution in [0.2, 0.25) is 0 Å². The summed E-state index contributed by atoms with van der Waals surface area (Å²) in [6, 6.07) is 0.564. The predicted octanol–water partition coefficient (Wildman–Crippen LogP) is 0.534. The molecule has 124 valence electrons. The van der Waals surface area contributed by atoms with E-state index in [2.05, 4.69) is 22.0 Å². The second-order valence-electron chi connectivity index (χ2n) is 6.88. The van der Waals surface area contributed by atoms with Gasteiger partial charge in [0.25, 0.3) is 0 Å². The highest BCUT2D eigenvalue weighted by Gasteiger charge is 2.27. The first-order valence-electron chi connectivity index (χ1n) is 8.57. The highest BCUT2D eigenvalue weighted by atomic mass is 16.5. The number of β-amino-alcohol motifs (C(OH)–C–C–N with tert-alkyl or cyclic N) is 1. The second kappa shape index (κ2) is 8.44. The standard InChI is InChI=1S/C16H33N3O2/c1-3-6-18-7-4-15(5-8-18)17-13-16(2,20)14-19-9-11-21-12-10-19/h15,17,20H,3-14H2,1-2H3. The zero-order valence-corrected chi connectivity index (χ0v) is 13.8. The van der Waals surface area contributed by atoms with Crippen molar-refractivity contribution in [1.29, 1.82) is 0 Å². The van der Waals surface area contributed by atoms with E-state index in [0.29, 0.717) is 12.6 Å². The fraction of sp³-hybridized carbons (Fsp3) is 1.00. The molecule has 2 saturated heterocycles. The van der Waals surface area contributed by atoms with Gasteiger partial charge in [0.05, 0.1) is 18.8 Å². The molecule has 0 aromatic rings. The monoisotopic (exact) mass is 299 g/mol. The minimum absolute atomic E-state index is 0.564. The maximum absolute atomic E-state index is 10.6. The molecule has 0 radical (unpaired) electrons. The van der Waals surface area contributed by atoms with Gasteiger partial charge in [-0.15, -0.1) is 0 Å². The normalized spacial score (nSPS) is 25.9. The van der Waals surface area contributed by atoms with Crippen molar-refractivity contribution in [2.75, 3.05) is 59.0 Å². The Morgan fingerprint density at radius 2 is 1.81 bits per heavy atom. The lowest BCUT2D eigenvalue weighted by Gasteiger charge is -2.36. The molecule has 21 heavy (non-hydrogen) atoms. The quantitative estimate of drug-likeness (QED) is 0.718. The summed E-state index contributed by atoms with van der Waals surface area (Å²) in [5.74, 6) is 0. The SMILES string of the molecule is CCCN1CCC(NCC(C)(O)CN2CCOCC2)CC1. The van der Waals surface area contributed by atoms with Crippen LogP contribution in [0.4, 0.5) is 0 Å². The van der Waals surface area contributed by atoms with Gasteiger partial charge >= 0.3 is 0 Å². The van der Waals surface area contributed by atoms with E-state index in [4.69, 9.17) is 4.74 Å². The number of hydrogen-bond acceptors (Lipinski definition) is 5. The summed E-state index contributed by atoms with van der Waals surface area (Å²) in [5, 5.41) is 14.2. The van der Waals surface area contributed by atoms with Crippen LogP contribution in [0, 0.1) is 0 Å². The molecule has 1 atom stereocenters. The van der Waals surface area contributed by atoms with Gasteiger partial charge in [-0.25, -0.2) is 0 Å². The Hall–Kier alpha value is -0.200. The van der Waals surface area contributed by atoms with Crippen molar-refractivity contribution in [2.45, 2.75) is 44.8 Å². The van der Waals surface area contributed by atoms with Crippen LogP contribution in [0.15, 0.2) is 0 Å². The number of rotatable bonds is 7. The fourth-order valence-electron chi connectivity index (χ4n) is 3.34. The summed E-state index contributed by atoms with van der Waals surface area (Å²) < 4.78 is 5.36. The fourth-order valence-corrected chi connectivity index (χ4v) is 3.34. The van der Waals surface area contributed by atoms with Gasteiger partial charge in [0.1, 0.15) is 0 Å². The molecule has 1 unspecified atom stereocenters. The largest absolute Gasteiger partial charge is 0.388 e. The van der Waals surface area contributed by atoms with E-state index < -0.39 is 5.60 Å². The molecule has 5 heteroatoms. The minimum Gasteiger partial charge on any atom is -0.388 e. The lowest BCUT2D eigenvalue weighted by Crippen LogP contribution is -2.53. The molecule has 0 spiro atoms. The minimum atomic E-state index is -0.655. The van der Waals surface area contributed by atoms with E-state index in [9.17, 15) is 5.11 Å². The molecule has 0 amide bonds. The van der Waals surface area contributed by atoms with E-state index in [1.807, 2.05) is 6.92 Å². The number of morpholine rings is 1. The zero-order valence-electron chi connectivity index (χ0n) is 13.8. The molecule has 0 saturated carbocycles. The molecule has 2 N–H and O–H groups in total. The Labute approximate surface area is 129 Å². The third kappa shape index (κ3) is 6.20. The van der Waals surface area contributed by atoms with Crippen molar-refractivity contribution < 1.29 is 9.84 Å². The first-order valence-corrected chi connectivity index (χ1v) is 8.57. The molecular weight excluding hydrogens is 266 g/mol. The summed E-state index contributed by atoms with van der Waals surface area (Å²) in [4.78, 5) is 4.85. The average Bonchev–Trinajstić information content (AvgIpc) is 2.48. The van der Waals surface area contributed by atoms with Crippen LogP contribution in [0.5, 0.6) is 0 Å². The third-order valence-electron chi connectivity index (χ3n) is 4.57. The number of likely N-dealkylation sites (tertiary alicyclic amines) is 1. The topological polar surface area (TPSA) is 48.0 Å². The van der Waals surface area contributed by atoms with Crippen molar-refractivity contribution in [3.05, 3.63) is 0 Å². The van der Waals surface area contributed by atoms with Crippen molar-refractivity contribution in [3.63, 3.8) is 0 Å². The number of piperidine rings is 1. The van der Waals surface area contributed by atoms with E-state index in [-0.39, 0.29) is 0 Å². The molecule has 0 aromatic heterocycles. The van der Waals surface area contributed by atoms with Crippen molar-refractivity contribution in [3.8, 4) is 0 Å². The van der Waals surface area contributed by atoms with Crippen LogP contribution in [-0.2, 0) is 4.74 Å². The summed E-state index contributed by atoms with van der Waals surface area (Å²) >= 11 is 0. The Bertz CT molecular complexity index is 285. The summed E-state index contributed by atoms with van der Waals surface area (Å²) in [7, 11) is 0. The third-order valence-corrected chi connectivity index (χ3v) is 4.57. The van der Waals surface area contributed by atoms with Crippen LogP contribution in [0.25, 0.3) is 0 Å². The van der Waals surface area contributed by atoms with E-state index in [1.165, 1.54) is 38.9 Å². The summed E-state index contributed by atoms with van der Waals surface area (Å²) in [6.45, 7) is 12.7. The van der Waals surface area contributed by atoms with Gasteiger partial charge in [0.2, 0.25) is 0 Å². The summed E-state index contributed by atoms with van der Waals surface area (Å²) in [5.41, 5.74) is -0.655. The molecule has 0 aromatic carbocycles. The van der Waals surface area contributed by atoms with Crippen molar-refractivity contribution in [2.24, 2.45) is 0 Å². The van der Waals surface area contributed by atoms with Gasteiger partial charge in [0.15, 0.2) is 0 Å². The molecule has 2 aliphatic rings. The lowest BCUT2D eigenvalue weighted by atomic mass is 10.0. The molecule has 2 rings (SSSR count). The Morgan fingerprint density at radius 1 is 1.14 bits per heavy atom. The zero-order chi connectivity index (χ0) is 15.1. The van der Waals surface area contributed by atoms with Gasteiger partial charge in [0, 0.05) is 32.2 Å². The Kier molecular flexibility index (Phi) is 6.89. The number of hydrogen-bond donors (Lipinski definition) is 2. The van der Waals surface area contributed by atoms with Gasteiger partial charge in [-0.3, -0.25) is 4.90 Å². The smallest absolute Gasteiger partial charge is 0.0869 e. The second-order valence-corrected chi connectivity index (χ2v) is 6.88. The van der Waals surface area contributed by atoms with Crippen molar-refractivity contribution in [1.82, 2.24) is 15.1 Å². The van der Waals surface area contributed by atoms with Crippen LogP contribution >= 0.6 is 0 Å². The lowest BCUT2D eigenvalue weighted by molar-refractivity contribution is -0.0236. The molecule has 0 aliphatic carbocycles. The van der Waals surface area contributed by atoms with Gasteiger partial charge in [-0.05, 0) is 45.8 Å². The first-order chi connectivity index (χ1) is 10.1. The summed E-state index contributed by atoms with van der Waals surface area (Å²) in [6.07, 6.45) is 3.65. The molecule has 5 nitrogen and oxygen atoms in total. The Balaban J connectivity index is 1.64. The molecule has 2 heterocycles. The molecular formula is C16H33N3O2. The first kappa shape index (κ1) is 17.2.